The Morgan fingerprint density at radius 2 is 2.36 bits per heavy atom. The second kappa shape index (κ2) is 5.36. The molecule has 0 aromatic heterocycles. The third-order valence-electron chi connectivity index (χ3n) is 1.89. The molecule has 0 radical (unpaired) electrons. The van der Waals surface area contributed by atoms with Crippen LogP contribution in [-0.2, 0) is 6.54 Å². The van der Waals surface area contributed by atoms with Gasteiger partial charge in [-0.05, 0) is 24.6 Å². The summed E-state index contributed by atoms with van der Waals surface area (Å²) < 4.78 is 12.7. The quantitative estimate of drug-likeness (QED) is 0.792. The molecule has 0 saturated heterocycles. The van der Waals surface area contributed by atoms with Gasteiger partial charge in [-0.3, -0.25) is 0 Å². The molecule has 0 heterocycles. The highest BCUT2D eigenvalue weighted by atomic mass is 19.1. The Labute approximate surface area is 83.4 Å². The Kier molecular flexibility index (Phi) is 4.09. The number of halogens is 1. The van der Waals surface area contributed by atoms with Crippen LogP contribution in [0.1, 0.15) is 12.5 Å². The standard InChI is InChI=1S/C11H13FN2/c1-9(6-13)7-14-8-10-3-2-4-11(12)5-10/h2-5,9,14H,7-8H2,1H3. The topological polar surface area (TPSA) is 35.8 Å². The van der Waals surface area contributed by atoms with Gasteiger partial charge in [-0.25, -0.2) is 4.39 Å². The summed E-state index contributed by atoms with van der Waals surface area (Å²) in [4.78, 5) is 0. The van der Waals surface area contributed by atoms with Gasteiger partial charge < -0.3 is 5.32 Å². The molecule has 0 aliphatic carbocycles. The van der Waals surface area contributed by atoms with Crippen molar-refractivity contribution in [1.29, 1.82) is 5.26 Å². The van der Waals surface area contributed by atoms with E-state index < -0.39 is 0 Å². The zero-order valence-corrected chi connectivity index (χ0v) is 8.13. The minimum atomic E-state index is -0.224. The van der Waals surface area contributed by atoms with Crippen molar-refractivity contribution in [2.75, 3.05) is 6.54 Å². The number of rotatable bonds is 4. The average molecular weight is 192 g/mol. The second-order valence-electron chi connectivity index (χ2n) is 3.29. The molecule has 0 bridgehead atoms. The largest absolute Gasteiger partial charge is 0.311 e. The molecule has 1 aromatic rings. The highest BCUT2D eigenvalue weighted by Crippen LogP contribution is 2.02. The van der Waals surface area contributed by atoms with Crippen LogP contribution in [0.3, 0.4) is 0 Å². The van der Waals surface area contributed by atoms with Crippen LogP contribution in [0.5, 0.6) is 0 Å². The first kappa shape index (κ1) is 10.7. The molecule has 3 heteroatoms. The Balaban J connectivity index is 2.36. The molecule has 0 saturated carbocycles. The Hall–Kier alpha value is -1.40. The van der Waals surface area contributed by atoms with Gasteiger partial charge in [0.25, 0.3) is 0 Å². The van der Waals surface area contributed by atoms with E-state index in [-0.39, 0.29) is 11.7 Å². The third kappa shape index (κ3) is 3.55. The van der Waals surface area contributed by atoms with Gasteiger partial charge >= 0.3 is 0 Å². The third-order valence-corrected chi connectivity index (χ3v) is 1.89. The fourth-order valence-electron chi connectivity index (χ4n) is 1.13. The molecule has 1 N–H and O–H groups in total. The van der Waals surface area contributed by atoms with Crippen LogP contribution in [0.4, 0.5) is 4.39 Å². The lowest BCUT2D eigenvalue weighted by Crippen LogP contribution is -2.19. The van der Waals surface area contributed by atoms with E-state index in [4.69, 9.17) is 5.26 Å². The van der Waals surface area contributed by atoms with Gasteiger partial charge in [-0.1, -0.05) is 12.1 Å². The van der Waals surface area contributed by atoms with Crippen molar-refractivity contribution in [2.45, 2.75) is 13.5 Å². The molecule has 0 aliphatic heterocycles. The summed E-state index contributed by atoms with van der Waals surface area (Å²) >= 11 is 0. The highest BCUT2D eigenvalue weighted by molar-refractivity contribution is 5.15. The maximum atomic E-state index is 12.7. The normalized spacial score (nSPS) is 12.1. The first-order valence-electron chi connectivity index (χ1n) is 4.57. The van der Waals surface area contributed by atoms with Crippen molar-refractivity contribution >= 4 is 0 Å². The number of hydrogen-bond donors (Lipinski definition) is 1. The molecule has 1 aromatic carbocycles. The van der Waals surface area contributed by atoms with Gasteiger partial charge in [0, 0.05) is 13.1 Å². The maximum Gasteiger partial charge on any atom is 0.123 e. The van der Waals surface area contributed by atoms with Crippen molar-refractivity contribution in [3.8, 4) is 6.07 Å². The van der Waals surface area contributed by atoms with Crippen LogP contribution in [0, 0.1) is 23.1 Å². The van der Waals surface area contributed by atoms with Gasteiger partial charge in [-0.2, -0.15) is 5.26 Å². The number of benzene rings is 1. The summed E-state index contributed by atoms with van der Waals surface area (Å²) in [5.41, 5.74) is 0.898. The average Bonchev–Trinajstić information content (AvgIpc) is 2.17. The van der Waals surface area contributed by atoms with Crippen LogP contribution in [0.25, 0.3) is 0 Å². The van der Waals surface area contributed by atoms with E-state index in [0.29, 0.717) is 13.1 Å². The minimum absolute atomic E-state index is 0.0106. The smallest absolute Gasteiger partial charge is 0.123 e. The number of nitriles is 1. The zero-order valence-electron chi connectivity index (χ0n) is 8.13. The number of nitrogens with one attached hydrogen (secondary N) is 1. The molecule has 0 amide bonds. The summed E-state index contributed by atoms with van der Waals surface area (Å²) in [6, 6.07) is 8.57. The van der Waals surface area contributed by atoms with E-state index in [0.717, 1.165) is 5.56 Å². The van der Waals surface area contributed by atoms with Gasteiger partial charge in [0.05, 0.1) is 12.0 Å². The molecule has 2 nitrogen and oxygen atoms in total. The van der Waals surface area contributed by atoms with E-state index >= 15 is 0 Å². The molecule has 0 spiro atoms. The predicted octanol–water partition coefficient (Wildman–Crippen LogP) is 2.07. The van der Waals surface area contributed by atoms with E-state index in [1.165, 1.54) is 12.1 Å². The van der Waals surface area contributed by atoms with Crippen LogP contribution in [0.2, 0.25) is 0 Å². The monoisotopic (exact) mass is 192 g/mol. The van der Waals surface area contributed by atoms with Gasteiger partial charge in [0.2, 0.25) is 0 Å². The molecule has 1 atom stereocenters. The van der Waals surface area contributed by atoms with Crippen LogP contribution in [-0.4, -0.2) is 6.54 Å². The summed E-state index contributed by atoms with van der Waals surface area (Å²) in [5.74, 6) is -0.235. The Morgan fingerprint density at radius 3 is 3.00 bits per heavy atom. The SMILES string of the molecule is CC(C#N)CNCc1cccc(F)c1. The van der Waals surface area contributed by atoms with E-state index in [1.807, 2.05) is 13.0 Å². The summed E-state index contributed by atoms with van der Waals surface area (Å²) in [7, 11) is 0. The van der Waals surface area contributed by atoms with E-state index in [1.54, 1.807) is 6.07 Å². The molecular formula is C11H13FN2. The predicted molar refractivity (Wildman–Crippen MR) is 52.9 cm³/mol. The van der Waals surface area contributed by atoms with E-state index in [2.05, 4.69) is 11.4 Å². The number of hydrogen-bond acceptors (Lipinski definition) is 2. The van der Waals surface area contributed by atoms with Crippen molar-refractivity contribution in [2.24, 2.45) is 5.92 Å². The fourth-order valence-corrected chi connectivity index (χ4v) is 1.13. The molecule has 14 heavy (non-hydrogen) atoms. The fraction of sp³-hybridized carbons (Fsp3) is 0.364. The lowest BCUT2D eigenvalue weighted by atomic mass is 10.2. The summed E-state index contributed by atoms with van der Waals surface area (Å²) in [6.07, 6.45) is 0. The first-order valence-corrected chi connectivity index (χ1v) is 4.57. The van der Waals surface area contributed by atoms with Crippen LogP contribution < -0.4 is 5.32 Å². The van der Waals surface area contributed by atoms with Crippen molar-refractivity contribution in [3.63, 3.8) is 0 Å². The van der Waals surface area contributed by atoms with Gasteiger partial charge in [-0.15, -0.1) is 0 Å². The number of nitrogens with zero attached hydrogens (tertiary/aromatic N) is 1. The lowest BCUT2D eigenvalue weighted by Gasteiger charge is -2.05. The Morgan fingerprint density at radius 1 is 1.57 bits per heavy atom. The maximum absolute atomic E-state index is 12.7. The molecule has 0 fully saturated rings. The Bertz CT molecular complexity index is 330. The van der Waals surface area contributed by atoms with Crippen molar-refractivity contribution in [1.82, 2.24) is 5.32 Å². The first-order chi connectivity index (χ1) is 6.72. The van der Waals surface area contributed by atoms with Gasteiger partial charge in [0.15, 0.2) is 0 Å². The van der Waals surface area contributed by atoms with Gasteiger partial charge in [0.1, 0.15) is 5.82 Å². The van der Waals surface area contributed by atoms with E-state index in [9.17, 15) is 4.39 Å². The minimum Gasteiger partial charge on any atom is -0.311 e. The second-order valence-corrected chi connectivity index (χ2v) is 3.29. The lowest BCUT2D eigenvalue weighted by molar-refractivity contribution is 0.593. The van der Waals surface area contributed by atoms with Crippen molar-refractivity contribution < 1.29 is 4.39 Å². The van der Waals surface area contributed by atoms with Crippen LogP contribution >= 0.6 is 0 Å². The highest BCUT2D eigenvalue weighted by Gasteiger charge is 1.99. The molecule has 0 aliphatic rings. The molecular weight excluding hydrogens is 179 g/mol. The van der Waals surface area contributed by atoms with Crippen molar-refractivity contribution in [3.05, 3.63) is 35.6 Å². The molecule has 1 unspecified atom stereocenters. The summed E-state index contributed by atoms with van der Waals surface area (Å²) in [6.45, 7) is 3.08. The zero-order chi connectivity index (χ0) is 10.4. The molecule has 74 valence electrons. The van der Waals surface area contributed by atoms with Crippen LogP contribution in [0.15, 0.2) is 24.3 Å². The summed E-state index contributed by atoms with van der Waals surface area (Å²) in [5, 5.41) is 11.6. The molecule has 1 rings (SSSR count).